The van der Waals surface area contributed by atoms with Crippen molar-refractivity contribution >= 4 is 27.1 Å². The molecule has 0 radical (unpaired) electrons. The molecule has 0 spiro atoms. The van der Waals surface area contributed by atoms with Crippen LogP contribution < -0.4 is 0 Å². The van der Waals surface area contributed by atoms with Crippen LogP contribution in [-0.2, 0) is 14.6 Å². The zero-order valence-corrected chi connectivity index (χ0v) is 15.8. The molecule has 126 valence electrons. The molecule has 0 fully saturated rings. The van der Waals surface area contributed by atoms with Crippen molar-refractivity contribution in [2.24, 2.45) is 5.92 Å². The van der Waals surface area contributed by atoms with Crippen LogP contribution in [0.4, 0.5) is 0 Å². The maximum atomic E-state index is 12.3. The lowest BCUT2D eigenvalue weighted by atomic mass is 10.2. The first-order valence-electron chi connectivity index (χ1n) is 7.43. The first-order chi connectivity index (χ1) is 10.0. The number of hydrogen-bond donors (Lipinski definition) is 0. The summed E-state index contributed by atoms with van der Waals surface area (Å²) in [4.78, 5) is 19.3. The van der Waals surface area contributed by atoms with Gasteiger partial charge in [-0.1, -0.05) is 13.8 Å². The summed E-state index contributed by atoms with van der Waals surface area (Å²) in [6.45, 7) is 9.54. The SMILES string of the molecule is Cc1nc(C)c(C(C)N(C)C(=O)CCS(=O)(=O)CC(C)C)s1. The highest BCUT2D eigenvalue weighted by Gasteiger charge is 2.23. The second-order valence-corrected chi connectivity index (χ2v) is 9.58. The van der Waals surface area contributed by atoms with Crippen LogP contribution >= 0.6 is 11.3 Å². The average Bonchev–Trinajstić information content (AvgIpc) is 2.72. The second-order valence-electron chi connectivity index (χ2n) is 6.12. The Morgan fingerprint density at radius 3 is 2.32 bits per heavy atom. The molecule has 0 aliphatic heterocycles. The molecule has 0 N–H and O–H groups in total. The van der Waals surface area contributed by atoms with Gasteiger partial charge in [-0.2, -0.15) is 0 Å². The summed E-state index contributed by atoms with van der Waals surface area (Å²) in [5.41, 5.74) is 0.932. The smallest absolute Gasteiger partial charge is 0.223 e. The number of thiazole rings is 1. The minimum atomic E-state index is -3.16. The fourth-order valence-corrected chi connectivity index (χ4v) is 5.03. The van der Waals surface area contributed by atoms with E-state index in [1.165, 1.54) is 0 Å². The van der Waals surface area contributed by atoms with Gasteiger partial charge in [-0.15, -0.1) is 11.3 Å². The number of aryl methyl sites for hydroxylation is 2. The molecule has 1 unspecified atom stereocenters. The quantitative estimate of drug-likeness (QED) is 0.761. The van der Waals surface area contributed by atoms with E-state index in [0.717, 1.165) is 15.6 Å². The molecule has 1 aromatic heterocycles. The van der Waals surface area contributed by atoms with E-state index in [2.05, 4.69) is 4.98 Å². The maximum absolute atomic E-state index is 12.3. The number of hydrogen-bond acceptors (Lipinski definition) is 5. The van der Waals surface area contributed by atoms with E-state index < -0.39 is 9.84 Å². The lowest BCUT2D eigenvalue weighted by molar-refractivity contribution is -0.131. The third-order valence-electron chi connectivity index (χ3n) is 3.51. The van der Waals surface area contributed by atoms with Gasteiger partial charge in [-0.3, -0.25) is 4.79 Å². The Kier molecular flexibility index (Phi) is 6.55. The number of carbonyl (C=O) groups is 1. The zero-order chi connectivity index (χ0) is 17.1. The molecule has 0 aliphatic rings. The first kappa shape index (κ1) is 19.1. The van der Waals surface area contributed by atoms with Crippen molar-refractivity contribution in [2.45, 2.75) is 47.1 Å². The van der Waals surface area contributed by atoms with Gasteiger partial charge in [0.15, 0.2) is 9.84 Å². The molecule has 0 aromatic carbocycles. The van der Waals surface area contributed by atoms with E-state index in [1.54, 1.807) is 23.3 Å². The largest absolute Gasteiger partial charge is 0.338 e. The van der Waals surface area contributed by atoms with E-state index in [1.807, 2.05) is 34.6 Å². The number of amides is 1. The van der Waals surface area contributed by atoms with Crippen LogP contribution in [0.25, 0.3) is 0 Å². The third kappa shape index (κ3) is 5.35. The van der Waals surface area contributed by atoms with Gasteiger partial charge in [0, 0.05) is 18.3 Å². The van der Waals surface area contributed by atoms with Crippen molar-refractivity contribution in [1.29, 1.82) is 0 Å². The van der Waals surface area contributed by atoms with E-state index in [4.69, 9.17) is 0 Å². The van der Waals surface area contributed by atoms with Crippen molar-refractivity contribution in [3.05, 3.63) is 15.6 Å². The molecule has 0 saturated carbocycles. The van der Waals surface area contributed by atoms with Crippen molar-refractivity contribution in [3.63, 3.8) is 0 Å². The highest BCUT2D eigenvalue weighted by atomic mass is 32.2. The Balaban J connectivity index is 2.67. The third-order valence-corrected chi connectivity index (χ3v) is 6.75. The summed E-state index contributed by atoms with van der Waals surface area (Å²) in [7, 11) is -1.44. The average molecular weight is 347 g/mol. The monoisotopic (exact) mass is 346 g/mol. The van der Waals surface area contributed by atoms with Gasteiger partial charge in [-0.25, -0.2) is 13.4 Å². The topological polar surface area (TPSA) is 67.3 Å². The lowest BCUT2D eigenvalue weighted by Gasteiger charge is -2.24. The summed E-state index contributed by atoms with van der Waals surface area (Å²) < 4.78 is 23.8. The van der Waals surface area contributed by atoms with Gasteiger partial charge in [0.05, 0.1) is 28.2 Å². The van der Waals surface area contributed by atoms with Gasteiger partial charge in [0.2, 0.25) is 5.91 Å². The predicted molar refractivity (Wildman–Crippen MR) is 90.9 cm³/mol. The normalized spacial score (nSPS) is 13.4. The molecule has 5 nitrogen and oxygen atoms in total. The molecule has 1 rings (SSSR count). The Labute approximate surface area is 137 Å². The molecular formula is C15H26N2O3S2. The lowest BCUT2D eigenvalue weighted by Crippen LogP contribution is -2.31. The van der Waals surface area contributed by atoms with Crippen LogP contribution in [0.2, 0.25) is 0 Å². The molecular weight excluding hydrogens is 320 g/mol. The first-order valence-corrected chi connectivity index (χ1v) is 10.1. The molecule has 1 aromatic rings. The highest BCUT2D eigenvalue weighted by Crippen LogP contribution is 2.28. The minimum Gasteiger partial charge on any atom is -0.338 e. The molecule has 1 atom stereocenters. The highest BCUT2D eigenvalue weighted by molar-refractivity contribution is 7.91. The number of rotatable bonds is 7. The molecule has 0 saturated heterocycles. The zero-order valence-electron chi connectivity index (χ0n) is 14.2. The van der Waals surface area contributed by atoms with Crippen LogP contribution in [0.15, 0.2) is 0 Å². The summed E-state index contributed by atoms with van der Waals surface area (Å²) in [6.07, 6.45) is 0.0345. The number of sulfone groups is 1. The van der Waals surface area contributed by atoms with Crippen molar-refractivity contribution in [1.82, 2.24) is 9.88 Å². The van der Waals surface area contributed by atoms with Crippen molar-refractivity contribution in [2.75, 3.05) is 18.6 Å². The Bertz CT molecular complexity index is 621. The van der Waals surface area contributed by atoms with E-state index in [9.17, 15) is 13.2 Å². The fraction of sp³-hybridized carbons (Fsp3) is 0.733. The maximum Gasteiger partial charge on any atom is 0.223 e. The summed E-state index contributed by atoms with van der Waals surface area (Å²) in [5.74, 6) is -0.0149. The van der Waals surface area contributed by atoms with Crippen LogP contribution in [0.3, 0.4) is 0 Å². The number of carbonyl (C=O) groups excluding carboxylic acids is 1. The van der Waals surface area contributed by atoms with Crippen molar-refractivity contribution in [3.8, 4) is 0 Å². The summed E-state index contributed by atoms with van der Waals surface area (Å²) in [5, 5.41) is 0.972. The minimum absolute atomic E-state index is 0.0345. The van der Waals surface area contributed by atoms with Gasteiger partial charge in [0.25, 0.3) is 0 Å². The van der Waals surface area contributed by atoms with Gasteiger partial charge in [0.1, 0.15) is 0 Å². The van der Waals surface area contributed by atoms with Crippen LogP contribution in [0.5, 0.6) is 0 Å². The predicted octanol–water partition coefficient (Wildman–Crippen LogP) is 2.74. The number of aromatic nitrogens is 1. The van der Waals surface area contributed by atoms with Crippen molar-refractivity contribution < 1.29 is 13.2 Å². The Hall–Kier alpha value is -0.950. The molecule has 22 heavy (non-hydrogen) atoms. The van der Waals surface area contributed by atoms with E-state index >= 15 is 0 Å². The van der Waals surface area contributed by atoms with Crippen LogP contribution in [0.1, 0.15) is 48.8 Å². The van der Waals surface area contributed by atoms with Gasteiger partial charge in [-0.05, 0) is 26.7 Å². The molecule has 1 heterocycles. The van der Waals surface area contributed by atoms with Gasteiger partial charge >= 0.3 is 0 Å². The standard InChI is InChI=1S/C15H26N2O3S2/c1-10(2)9-22(19,20)8-7-14(18)17(6)12(4)15-11(3)16-13(5)21-15/h10,12H,7-9H2,1-6H3. The Morgan fingerprint density at radius 1 is 1.27 bits per heavy atom. The Morgan fingerprint density at radius 2 is 1.86 bits per heavy atom. The van der Waals surface area contributed by atoms with Crippen LogP contribution in [0, 0.1) is 19.8 Å². The molecule has 0 bridgehead atoms. The second kappa shape index (κ2) is 7.55. The van der Waals surface area contributed by atoms with Gasteiger partial charge < -0.3 is 4.90 Å². The molecule has 7 heteroatoms. The molecule has 0 aliphatic carbocycles. The number of nitrogens with zero attached hydrogens (tertiary/aromatic N) is 2. The molecule has 1 amide bonds. The fourth-order valence-electron chi connectivity index (χ4n) is 2.34. The summed E-state index contributed by atoms with van der Waals surface area (Å²) in [6, 6.07) is -0.0912. The van der Waals surface area contributed by atoms with Crippen LogP contribution in [-0.4, -0.2) is 42.8 Å². The van der Waals surface area contributed by atoms with E-state index in [-0.39, 0.29) is 35.8 Å². The van der Waals surface area contributed by atoms with E-state index in [0.29, 0.717) is 0 Å². The summed E-state index contributed by atoms with van der Waals surface area (Å²) >= 11 is 1.58.